The second-order valence-electron chi connectivity index (χ2n) is 8.24. The number of aromatic nitrogens is 4. The number of rotatable bonds is 5. The van der Waals surface area contributed by atoms with Gasteiger partial charge < -0.3 is 20.4 Å². The number of aromatic amines is 1. The number of H-pyrrole nitrogens is 1. The SMILES string of the molecule is N[C@@H]1CCCN(c2c(Cl)cnc3[nH]cc(NC(=O)Oc4cnn(Cc5ccc(Cl)cc5)c4)c23)C1. The number of carbonyl (C=O) groups is 1. The fourth-order valence-corrected chi connectivity index (χ4v) is 4.57. The number of ether oxygens (including phenoxy) is 1. The Bertz CT molecular complexity index is 1320. The summed E-state index contributed by atoms with van der Waals surface area (Å²) in [5.41, 5.74) is 9.15. The molecule has 0 bridgehead atoms. The minimum atomic E-state index is -0.645. The zero-order chi connectivity index (χ0) is 23.7. The number of nitrogens with two attached hydrogens (primary N) is 1. The van der Waals surface area contributed by atoms with Crippen LogP contribution in [0.5, 0.6) is 5.75 Å². The van der Waals surface area contributed by atoms with Gasteiger partial charge in [-0.25, -0.2) is 9.78 Å². The minimum absolute atomic E-state index is 0.0674. The van der Waals surface area contributed by atoms with Crippen LogP contribution in [0.2, 0.25) is 10.0 Å². The summed E-state index contributed by atoms with van der Waals surface area (Å²) in [5, 5.41) is 8.94. The van der Waals surface area contributed by atoms with Crippen LogP contribution in [0.15, 0.2) is 49.1 Å². The Morgan fingerprint density at radius 3 is 2.88 bits per heavy atom. The molecule has 1 fully saturated rings. The zero-order valence-electron chi connectivity index (χ0n) is 18.2. The Hall–Kier alpha value is -3.27. The number of nitrogens with zero attached hydrogens (tertiary/aromatic N) is 4. The van der Waals surface area contributed by atoms with Crippen molar-refractivity contribution in [3.05, 3.63) is 64.7 Å². The maximum Gasteiger partial charge on any atom is 0.417 e. The molecule has 1 aromatic carbocycles. The molecule has 1 aliphatic rings. The molecule has 5 rings (SSSR count). The Morgan fingerprint density at radius 1 is 1.26 bits per heavy atom. The number of hydrogen-bond acceptors (Lipinski definition) is 6. The second-order valence-corrected chi connectivity index (χ2v) is 9.09. The lowest BCUT2D eigenvalue weighted by Gasteiger charge is -2.33. The summed E-state index contributed by atoms with van der Waals surface area (Å²) in [5.74, 6) is 0.324. The van der Waals surface area contributed by atoms with Crippen molar-refractivity contribution in [2.75, 3.05) is 23.3 Å². The van der Waals surface area contributed by atoms with Crippen molar-refractivity contribution in [2.24, 2.45) is 5.73 Å². The average Bonchev–Trinajstić information content (AvgIpc) is 3.42. The first-order valence-electron chi connectivity index (χ1n) is 10.9. The average molecular weight is 500 g/mol. The fourth-order valence-electron chi connectivity index (χ4n) is 4.18. The molecule has 34 heavy (non-hydrogen) atoms. The van der Waals surface area contributed by atoms with E-state index in [1.807, 2.05) is 24.3 Å². The first kappa shape index (κ1) is 22.5. The fraction of sp³-hybridized carbons (Fsp3) is 0.261. The topological polar surface area (TPSA) is 114 Å². The molecule has 0 aliphatic carbocycles. The molecule has 4 heterocycles. The van der Waals surface area contributed by atoms with Crippen molar-refractivity contribution < 1.29 is 9.53 Å². The molecular weight excluding hydrogens is 477 g/mol. The van der Waals surface area contributed by atoms with Gasteiger partial charge in [0.1, 0.15) is 5.65 Å². The molecule has 3 aromatic heterocycles. The molecule has 0 unspecified atom stereocenters. The van der Waals surface area contributed by atoms with Crippen LogP contribution in [0.4, 0.5) is 16.2 Å². The highest BCUT2D eigenvalue weighted by Crippen LogP contribution is 2.38. The molecule has 1 aliphatic heterocycles. The van der Waals surface area contributed by atoms with Gasteiger partial charge in [0.25, 0.3) is 0 Å². The van der Waals surface area contributed by atoms with E-state index >= 15 is 0 Å². The van der Waals surface area contributed by atoms with Crippen LogP contribution < -0.4 is 20.7 Å². The second kappa shape index (κ2) is 9.54. The van der Waals surface area contributed by atoms with Gasteiger partial charge in [0.2, 0.25) is 0 Å². The summed E-state index contributed by atoms with van der Waals surface area (Å²) in [6.45, 7) is 2.03. The summed E-state index contributed by atoms with van der Waals surface area (Å²) in [4.78, 5) is 22.3. The lowest BCUT2D eigenvalue weighted by atomic mass is 10.1. The summed E-state index contributed by atoms with van der Waals surface area (Å²) in [6.07, 6.45) is 7.72. The van der Waals surface area contributed by atoms with Gasteiger partial charge in [-0.1, -0.05) is 35.3 Å². The molecule has 176 valence electrons. The van der Waals surface area contributed by atoms with Gasteiger partial charge in [-0.05, 0) is 30.5 Å². The van der Waals surface area contributed by atoms with E-state index in [1.165, 1.54) is 6.20 Å². The lowest BCUT2D eigenvalue weighted by molar-refractivity contribution is 0.215. The van der Waals surface area contributed by atoms with Crippen molar-refractivity contribution in [1.82, 2.24) is 19.7 Å². The number of piperidine rings is 1. The molecule has 0 spiro atoms. The highest BCUT2D eigenvalue weighted by Gasteiger charge is 2.24. The van der Waals surface area contributed by atoms with Gasteiger partial charge in [0.05, 0.1) is 46.9 Å². The minimum Gasteiger partial charge on any atom is -0.407 e. The molecule has 4 N–H and O–H groups in total. The molecule has 1 amide bonds. The first-order valence-corrected chi connectivity index (χ1v) is 11.6. The van der Waals surface area contributed by atoms with Crippen molar-refractivity contribution in [1.29, 1.82) is 0 Å². The maximum absolute atomic E-state index is 12.7. The Labute approximate surface area is 205 Å². The normalized spacial score (nSPS) is 16.1. The molecule has 4 aromatic rings. The van der Waals surface area contributed by atoms with Gasteiger partial charge in [-0.15, -0.1) is 0 Å². The van der Waals surface area contributed by atoms with Gasteiger partial charge in [-0.3, -0.25) is 10.00 Å². The predicted octanol–water partition coefficient (Wildman–Crippen LogP) is 4.65. The standard InChI is InChI=1S/C23H23Cl2N7O2/c24-15-5-3-14(4-6-15)11-32-13-17(8-29-32)34-23(33)30-19-10-28-22-20(19)21(18(25)9-27-22)31-7-1-2-16(26)12-31/h3-6,8-10,13,16H,1-2,7,11-12,26H2,(H,27,28)(H,30,33)/t16-/m1/s1. The lowest BCUT2D eigenvalue weighted by Crippen LogP contribution is -2.43. The van der Waals surface area contributed by atoms with Gasteiger partial charge in [-0.2, -0.15) is 5.10 Å². The number of carbonyl (C=O) groups excluding carboxylic acids is 1. The van der Waals surface area contributed by atoms with E-state index < -0.39 is 6.09 Å². The number of amides is 1. The van der Waals surface area contributed by atoms with E-state index in [1.54, 1.807) is 23.3 Å². The zero-order valence-corrected chi connectivity index (χ0v) is 19.7. The quantitative estimate of drug-likeness (QED) is 0.368. The third-order valence-corrected chi connectivity index (χ3v) is 6.25. The number of halogens is 2. The maximum atomic E-state index is 12.7. The van der Waals surface area contributed by atoms with E-state index in [9.17, 15) is 4.79 Å². The molecule has 1 saturated heterocycles. The van der Waals surface area contributed by atoms with Crippen LogP contribution in [0.3, 0.4) is 0 Å². The third-order valence-electron chi connectivity index (χ3n) is 5.72. The van der Waals surface area contributed by atoms with E-state index in [2.05, 4.69) is 25.3 Å². The van der Waals surface area contributed by atoms with Crippen molar-refractivity contribution >= 4 is 51.7 Å². The number of hydrogen-bond donors (Lipinski definition) is 3. The van der Waals surface area contributed by atoms with Crippen LogP contribution in [0.1, 0.15) is 18.4 Å². The van der Waals surface area contributed by atoms with Crippen molar-refractivity contribution in [3.8, 4) is 5.75 Å². The first-order chi connectivity index (χ1) is 16.5. The molecule has 9 nitrogen and oxygen atoms in total. The highest BCUT2D eigenvalue weighted by molar-refractivity contribution is 6.35. The summed E-state index contributed by atoms with van der Waals surface area (Å²) in [6, 6.07) is 7.54. The molecule has 0 radical (unpaired) electrons. The van der Waals surface area contributed by atoms with E-state index in [0.717, 1.165) is 36.0 Å². The van der Waals surface area contributed by atoms with Gasteiger partial charge in [0, 0.05) is 30.4 Å². The van der Waals surface area contributed by atoms with Crippen LogP contribution in [-0.4, -0.2) is 45.0 Å². The largest absolute Gasteiger partial charge is 0.417 e. The van der Waals surface area contributed by atoms with E-state index in [0.29, 0.717) is 40.2 Å². The Balaban J connectivity index is 1.32. The molecule has 1 atom stereocenters. The number of pyridine rings is 1. The Morgan fingerprint density at radius 2 is 2.09 bits per heavy atom. The number of nitrogens with one attached hydrogen (secondary N) is 2. The summed E-state index contributed by atoms with van der Waals surface area (Å²) >= 11 is 12.5. The van der Waals surface area contributed by atoms with Crippen molar-refractivity contribution in [3.63, 3.8) is 0 Å². The highest BCUT2D eigenvalue weighted by atomic mass is 35.5. The Kier molecular flexibility index (Phi) is 6.32. The number of fused-ring (bicyclic) bond motifs is 1. The van der Waals surface area contributed by atoms with E-state index in [-0.39, 0.29) is 6.04 Å². The van der Waals surface area contributed by atoms with Crippen molar-refractivity contribution in [2.45, 2.75) is 25.4 Å². The van der Waals surface area contributed by atoms with Gasteiger partial charge in [0.15, 0.2) is 5.75 Å². The summed E-state index contributed by atoms with van der Waals surface area (Å²) in [7, 11) is 0. The van der Waals surface area contributed by atoms with Crippen LogP contribution in [0.25, 0.3) is 11.0 Å². The predicted molar refractivity (Wildman–Crippen MR) is 133 cm³/mol. The monoisotopic (exact) mass is 499 g/mol. The van der Waals surface area contributed by atoms with Crippen LogP contribution in [0, 0.1) is 0 Å². The molecule has 11 heteroatoms. The van der Waals surface area contributed by atoms with E-state index in [4.69, 9.17) is 33.7 Å². The number of anilines is 2. The van der Waals surface area contributed by atoms with Crippen LogP contribution in [-0.2, 0) is 6.54 Å². The third kappa shape index (κ3) is 4.82. The molecular formula is C23H23Cl2N7O2. The van der Waals surface area contributed by atoms with Gasteiger partial charge >= 0.3 is 6.09 Å². The summed E-state index contributed by atoms with van der Waals surface area (Å²) < 4.78 is 7.13. The number of benzene rings is 1. The molecule has 0 saturated carbocycles. The van der Waals surface area contributed by atoms with Crippen LogP contribution >= 0.6 is 23.2 Å². The smallest absolute Gasteiger partial charge is 0.407 e.